The van der Waals surface area contributed by atoms with Crippen LogP contribution in [-0.4, -0.2) is 53.2 Å². The van der Waals surface area contributed by atoms with E-state index in [1.165, 1.54) is 20.0 Å². The number of hydrogen-bond acceptors (Lipinski definition) is 6. The molecule has 1 aliphatic rings. The summed E-state index contributed by atoms with van der Waals surface area (Å²) in [7, 11) is 3.58. The number of halogens is 1. The van der Waals surface area contributed by atoms with Crippen molar-refractivity contribution in [2.24, 2.45) is 0 Å². The maximum atomic E-state index is 5.75. The Morgan fingerprint density at radius 3 is 2.78 bits per heavy atom. The lowest BCUT2D eigenvalue weighted by Crippen LogP contribution is -2.40. The molecule has 1 unspecified atom stereocenters. The van der Waals surface area contributed by atoms with Gasteiger partial charge in [0.2, 0.25) is 5.28 Å². The highest BCUT2D eigenvalue weighted by Crippen LogP contribution is 2.17. The number of aromatic nitrogens is 3. The highest BCUT2D eigenvalue weighted by molar-refractivity contribution is 6.28. The Bertz CT molecular complexity index is 405. The summed E-state index contributed by atoms with van der Waals surface area (Å²) in [5.74, 6) is 0. The average molecular weight is 273 g/mol. The molecule has 0 aromatic carbocycles. The quantitative estimate of drug-likeness (QED) is 0.826. The lowest BCUT2D eigenvalue weighted by atomic mass is 10.0. The number of piperidine rings is 1. The Kier molecular flexibility index (Phi) is 4.54. The van der Waals surface area contributed by atoms with E-state index in [0.717, 1.165) is 13.0 Å². The van der Waals surface area contributed by atoms with Crippen molar-refractivity contribution in [1.82, 2.24) is 19.9 Å². The second-order valence-corrected chi connectivity index (χ2v) is 4.65. The van der Waals surface area contributed by atoms with Gasteiger partial charge < -0.3 is 14.4 Å². The molecule has 18 heavy (non-hydrogen) atoms. The fourth-order valence-electron chi connectivity index (χ4n) is 2.00. The van der Waals surface area contributed by atoms with Crippen molar-refractivity contribution in [1.29, 1.82) is 0 Å². The number of hydrogen-bond donors (Lipinski definition) is 0. The second-order valence-electron chi connectivity index (χ2n) is 4.31. The van der Waals surface area contributed by atoms with Gasteiger partial charge in [0.15, 0.2) is 0 Å². The van der Waals surface area contributed by atoms with Gasteiger partial charge in [0.05, 0.1) is 7.11 Å². The molecule has 1 saturated heterocycles. The first kappa shape index (κ1) is 13.3. The van der Waals surface area contributed by atoms with Crippen molar-refractivity contribution >= 4 is 11.6 Å². The number of likely N-dealkylation sites (tertiary alicyclic amines) is 1. The van der Waals surface area contributed by atoms with Crippen LogP contribution < -0.4 is 9.47 Å². The van der Waals surface area contributed by atoms with Gasteiger partial charge in [-0.25, -0.2) is 0 Å². The number of rotatable bonds is 4. The standard InChI is InChI=1S/C11H17ClN4O2/c1-16-6-4-3-5-8(16)7-18-11-14-9(12)13-10(15-11)17-2/h8H,3-7H2,1-2H3. The molecule has 100 valence electrons. The van der Waals surface area contributed by atoms with E-state index in [1.807, 2.05) is 0 Å². The molecule has 1 aromatic heterocycles. The number of likely N-dealkylation sites (N-methyl/N-ethyl adjacent to an activating group) is 1. The van der Waals surface area contributed by atoms with E-state index in [2.05, 4.69) is 26.9 Å². The molecule has 0 radical (unpaired) electrons. The summed E-state index contributed by atoms with van der Waals surface area (Å²) in [6.45, 7) is 1.66. The van der Waals surface area contributed by atoms with Crippen molar-refractivity contribution in [3.63, 3.8) is 0 Å². The largest absolute Gasteiger partial charge is 0.467 e. The smallest absolute Gasteiger partial charge is 0.323 e. The molecule has 0 aliphatic carbocycles. The first-order chi connectivity index (χ1) is 8.69. The molecule has 0 N–H and O–H groups in total. The van der Waals surface area contributed by atoms with Gasteiger partial charge in [-0.2, -0.15) is 9.97 Å². The third-order valence-corrected chi connectivity index (χ3v) is 3.25. The van der Waals surface area contributed by atoms with Crippen molar-refractivity contribution < 1.29 is 9.47 Å². The van der Waals surface area contributed by atoms with E-state index in [0.29, 0.717) is 12.6 Å². The van der Waals surface area contributed by atoms with Gasteiger partial charge in [0, 0.05) is 6.04 Å². The van der Waals surface area contributed by atoms with Crippen LogP contribution in [0.5, 0.6) is 12.0 Å². The van der Waals surface area contributed by atoms with Crippen LogP contribution in [0.4, 0.5) is 0 Å². The summed E-state index contributed by atoms with van der Waals surface area (Å²) in [6.07, 6.45) is 3.62. The molecular weight excluding hydrogens is 256 g/mol. The van der Waals surface area contributed by atoms with Gasteiger partial charge in [-0.3, -0.25) is 0 Å². The van der Waals surface area contributed by atoms with Gasteiger partial charge in [-0.1, -0.05) is 6.42 Å². The zero-order valence-corrected chi connectivity index (χ0v) is 11.4. The SMILES string of the molecule is COc1nc(Cl)nc(OCC2CCCCN2C)n1. The lowest BCUT2D eigenvalue weighted by molar-refractivity contribution is 0.119. The van der Waals surface area contributed by atoms with Crippen molar-refractivity contribution in [2.75, 3.05) is 27.3 Å². The Balaban J connectivity index is 1.94. The molecule has 0 spiro atoms. The van der Waals surface area contributed by atoms with Crippen LogP contribution in [0.1, 0.15) is 19.3 Å². The molecule has 0 amide bonds. The van der Waals surface area contributed by atoms with Crippen LogP contribution in [0.3, 0.4) is 0 Å². The number of methoxy groups -OCH3 is 1. The minimum atomic E-state index is 0.0776. The Morgan fingerprint density at radius 2 is 2.06 bits per heavy atom. The number of ether oxygens (including phenoxy) is 2. The topological polar surface area (TPSA) is 60.4 Å². The molecule has 6 nitrogen and oxygen atoms in total. The lowest BCUT2D eigenvalue weighted by Gasteiger charge is -2.31. The van der Waals surface area contributed by atoms with E-state index >= 15 is 0 Å². The van der Waals surface area contributed by atoms with Gasteiger partial charge in [0.1, 0.15) is 6.61 Å². The first-order valence-corrected chi connectivity index (χ1v) is 6.35. The number of nitrogens with zero attached hydrogens (tertiary/aromatic N) is 4. The summed E-state index contributed by atoms with van der Waals surface area (Å²) in [5, 5.41) is 0.0776. The maximum absolute atomic E-state index is 5.75. The van der Waals surface area contributed by atoms with E-state index in [-0.39, 0.29) is 17.3 Å². The maximum Gasteiger partial charge on any atom is 0.323 e. The van der Waals surface area contributed by atoms with Gasteiger partial charge >= 0.3 is 12.0 Å². The van der Waals surface area contributed by atoms with E-state index in [4.69, 9.17) is 21.1 Å². The fraction of sp³-hybridized carbons (Fsp3) is 0.727. The van der Waals surface area contributed by atoms with Crippen LogP contribution in [-0.2, 0) is 0 Å². The Labute approximate surface area is 111 Å². The minimum Gasteiger partial charge on any atom is -0.467 e. The Morgan fingerprint density at radius 1 is 1.28 bits per heavy atom. The predicted octanol–water partition coefficient (Wildman–Crippen LogP) is 1.40. The normalized spacial score (nSPS) is 20.7. The van der Waals surface area contributed by atoms with Gasteiger partial charge in [-0.15, -0.1) is 4.98 Å². The molecule has 0 saturated carbocycles. The predicted molar refractivity (Wildman–Crippen MR) is 67.2 cm³/mol. The molecule has 7 heteroatoms. The average Bonchev–Trinajstić information content (AvgIpc) is 2.37. The fourth-order valence-corrected chi connectivity index (χ4v) is 2.14. The summed E-state index contributed by atoms with van der Waals surface area (Å²) in [5.41, 5.74) is 0. The van der Waals surface area contributed by atoms with Crippen molar-refractivity contribution in [3.05, 3.63) is 5.28 Å². The minimum absolute atomic E-state index is 0.0776. The van der Waals surface area contributed by atoms with Crippen LogP contribution in [0.15, 0.2) is 0 Å². The summed E-state index contributed by atoms with van der Waals surface area (Å²) in [6, 6.07) is 0.785. The van der Waals surface area contributed by atoms with Crippen LogP contribution >= 0.6 is 11.6 Å². The highest BCUT2D eigenvalue weighted by atomic mass is 35.5. The molecule has 2 heterocycles. The summed E-state index contributed by atoms with van der Waals surface area (Å²) < 4.78 is 10.5. The molecule has 1 atom stereocenters. The van der Waals surface area contributed by atoms with E-state index in [9.17, 15) is 0 Å². The second kappa shape index (κ2) is 6.15. The van der Waals surface area contributed by atoms with E-state index in [1.54, 1.807) is 0 Å². The molecular formula is C11H17ClN4O2. The first-order valence-electron chi connectivity index (χ1n) is 5.97. The van der Waals surface area contributed by atoms with Crippen molar-refractivity contribution in [2.45, 2.75) is 25.3 Å². The summed E-state index contributed by atoms with van der Waals surface area (Å²) in [4.78, 5) is 14.0. The zero-order chi connectivity index (χ0) is 13.0. The molecule has 1 aromatic rings. The molecule has 2 rings (SSSR count). The van der Waals surface area contributed by atoms with Gasteiger partial charge in [0.25, 0.3) is 0 Å². The zero-order valence-electron chi connectivity index (χ0n) is 10.6. The van der Waals surface area contributed by atoms with E-state index < -0.39 is 0 Å². The van der Waals surface area contributed by atoms with Crippen LogP contribution in [0.2, 0.25) is 5.28 Å². The third-order valence-electron chi connectivity index (χ3n) is 3.08. The van der Waals surface area contributed by atoms with Crippen LogP contribution in [0.25, 0.3) is 0 Å². The molecule has 0 bridgehead atoms. The molecule has 1 fully saturated rings. The van der Waals surface area contributed by atoms with Crippen molar-refractivity contribution in [3.8, 4) is 12.0 Å². The third kappa shape index (κ3) is 3.43. The van der Waals surface area contributed by atoms with Crippen LogP contribution in [0, 0.1) is 0 Å². The monoisotopic (exact) mass is 272 g/mol. The highest BCUT2D eigenvalue weighted by Gasteiger charge is 2.20. The molecule has 1 aliphatic heterocycles. The summed E-state index contributed by atoms with van der Waals surface area (Å²) >= 11 is 5.75. The van der Waals surface area contributed by atoms with Gasteiger partial charge in [-0.05, 0) is 38.0 Å². The Hall–Kier alpha value is -1.14.